The number of aromatic nitrogens is 1. The lowest BCUT2D eigenvalue weighted by molar-refractivity contribution is 0.506. The van der Waals surface area contributed by atoms with Crippen LogP contribution in [0.3, 0.4) is 0 Å². The van der Waals surface area contributed by atoms with E-state index in [1.54, 1.807) is 0 Å². The van der Waals surface area contributed by atoms with E-state index >= 15 is 0 Å². The molecule has 0 amide bonds. The molecular formula is C10H15NS. The first-order chi connectivity index (χ1) is 5.61. The van der Waals surface area contributed by atoms with Gasteiger partial charge in [-0.15, -0.1) is 0 Å². The van der Waals surface area contributed by atoms with Gasteiger partial charge in [0.2, 0.25) is 0 Å². The van der Waals surface area contributed by atoms with Gasteiger partial charge in [0.1, 0.15) is 0 Å². The van der Waals surface area contributed by atoms with Crippen LogP contribution in [0.15, 0.2) is 12.0 Å². The largest absolute Gasteiger partial charge is 0.193 e. The van der Waals surface area contributed by atoms with Crippen molar-refractivity contribution in [2.75, 3.05) is 0 Å². The molecular weight excluding hydrogens is 166 g/mol. The molecule has 1 heterocycles. The van der Waals surface area contributed by atoms with Gasteiger partial charge in [0, 0.05) is 5.38 Å². The maximum absolute atomic E-state index is 4.27. The van der Waals surface area contributed by atoms with Crippen LogP contribution in [0.25, 0.3) is 6.08 Å². The molecule has 1 nitrogen and oxygen atoms in total. The van der Waals surface area contributed by atoms with Crippen molar-refractivity contribution in [2.24, 2.45) is 0 Å². The summed E-state index contributed by atoms with van der Waals surface area (Å²) >= 11 is 1.51. The van der Waals surface area contributed by atoms with E-state index in [-0.39, 0.29) is 5.41 Å². The third-order valence-electron chi connectivity index (χ3n) is 2.40. The number of rotatable bonds is 3. The average molecular weight is 181 g/mol. The molecule has 0 radical (unpaired) electrons. The van der Waals surface area contributed by atoms with Crippen molar-refractivity contribution in [1.82, 2.24) is 4.37 Å². The highest BCUT2D eigenvalue weighted by Gasteiger charge is 2.21. The van der Waals surface area contributed by atoms with E-state index in [1.165, 1.54) is 17.1 Å². The van der Waals surface area contributed by atoms with Crippen molar-refractivity contribution in [3.8, 4) is 0 Å². The van der Waals surface area contributed by atoms with E-state index < -0.39 is 0 Å². The first kappa shape index (κ1) is 9.46. The molecule has 0 aliphatic heterocycles. The lowest BCUT2D eigenvalue weighted by Gasteiger charge is -2.21. The highest BCUT2D eigenvalue weighted by Crippen LogP contribution is 2.30. The molecule has 0 aliphatic carbocycles. The molecule has 0 unspecified atom stereocenters. The summed E-state index contributed by atoms with van der Waals surface area (Å²) in [4.78, 5) is 0. The van der Waals surface area contributed by atoms with Gasteiger partial charge in [0.05, 0.1) is 5.69 Å². The Bertz CT molecular complexity index is 273. The molecule has 1 rings (SSSR count). The molecule has 0 spiro atoms. The molecule has 0 aliphatic rings. The van der Waals surface area contributed by atoms with Gasteiger partial charge in [-0.05, 0) is 35.0 Å². The van der Waals surface area contributed by atoms with Crippen LogP contribution in [0.5, 0.6) is 0 Å². The van der Waals surface area contributed by atoms with Gasteiger partial charge >= 0.3 is 0 Å². The first-order valence-electron chi connectivity index (χ1n) is 4.19. The zero-order chi connectivity index (χ0) is 9.19. The highest BCUT2D eigenvalue weighted by atomic mass is 32.1. The Morgan fingerprint density at radius 2 is 2.33 bits per heavy atom. The summed E-state index contributed by atoms with van der Waals surface area (Å²) in [6, 6.07) is 0. The Balaban J connectivity index is 3.08. The van der Waals surface area contributed by atoms with E-state index in [0.29, 0.717) is 0 Å². The van der Waals surface area contributed by atoms with Crippen molar-refractivity contribution in [3.63, 3.8) is 0 Å². The third kappa shape index (κ3) is 1.58. The molecule has 66 valence electrons. The van der Waals surface area contributed by atoms with Crippen molar-refractivity contribution >= 4 is 17.6 Å². The summed E-state index contributed by atoms with van der Waals surface area (Å²) in [6.45, 7) is 10.4. The van der Waals surface area contributed by atoms with Crippen LogP contribution in [0.2, 0.25) is 0 Å². The summed E-state index contributed by atoms with van der Waals surface area (Å²) < 4.78 is 4.27. The van der Waals surface area contributed by atoms with Crippen molar-refractivity contribution in [1.29, 1.82) is 0 Å². The fourth-order valence-corrected chi connectivity index (χ4v) is 1.97. The lowest BCUT2D eigenvalue weighted by atomic mass is 9.83. The van der Waals surface area contributed by atoms with E-state index in [2.05, 4.69) is 37.1 Å². The molecule has 0 aromatic carbocycles. The van der Waals surface area contributed by atoms with Crippen molar-refractivity contribution < 1.29 is 0 Å². The highest BCUT2D eigenvalue weighted by molar-refractivity contribution is 7.03. The summed E-state index contributed by atoms with van der Waals surface area (Å²) in [5.41, 5.74) is 2.60. The molecule has 0 bridgehead atoms. The minimum absolute atomic E-state index is 0.233. The van der Waals surface area contributed by atoms with Crippen LogP contribution in [-0.4, -0.2) is 4.37 Å². The van der Waals surface area contributed by atoms with Crippen LogP contribution >= 0.6 is 11.5 Å². The Kier molecular flexibility index (Phi) is 2.68. The number of nitrogens with zero attached hydrogens (tertiary/aromatic N) is 1. The number of hydrogen-bond donors (Lipinski definition) is 0. The molecule has 1 aromatic rings. The molecule has 1 aromatic heterocycles. The molecule has 0 atom stereocenters. The molecule has 2 heteroatoms. The van der Waals surface area contributed by atoms with Gasteiger partial charge in [-0.25, -0.2) is 0 Å². The van der Waals surface area contributed by atoms with Gasteiger partial charge < -0.3 is 0 Å². The zero-order valence-corrected chi connectivity index (χ0v) is 8.74. The van der Waals surface area contributed by atoms with Gasteiger partial charge in [-0.2, -0.15) is 4.37 Å². The number of hydrogen-bond acceptors (Lipinski definition) is 2. The van der Waals surface area contributed by atoms with E-state index in [9.17, 15) is 0 Å². The second-order valence-electron chi connectivity index (χ2n) is 3.56. The molecule has 12 heavy (non-hydrogen) atoms. The maximum atomic E-state index is 4.27. The van der Waals surface area contributed by atoms with Gasteiger partial charge in [0.25, 0.3) is 0 Å². The summed E-state index contributed by atoms with van der Waals surface area (Å²) in [5, 5.41) is 2.13. The Morgan fingerprint density at radius 1 is 1.67 bits per heavy atom. The Morgan fingerprint density at radius 3 is 2.83 bits per heavy atom. The lowest BCUT2D eigenvalue weighted by Crippen LogP contribution is -2.15. The standard InChI is InChI=1S/C10H15NS/c1-5-9-8(7-12-11-9)10(3,4)6-2/h5,7H,1,6H2,2-4H3. The smallest absolute Gasteiger partial charge is 0.0799 e. The van der Waals surface area contributed by atoms with Gasteiger partial charge in [-0.3, -0.25) is 0 Å². The molecule has 0 N–H and O–H groups in total. The van der Waals surface area contributed by atoms with Gasteiger partial charge in [-0.1, -0.05) is 27.4 Å². The topological polar surface area (TPSA) is 12.9 Å². The fraction of sp³-hybridized carbons (Fsp3) is 0.500. The first-order valence-corrected chi connectivity index (χ1v) is 5.02. The Hall–Kier alpha value is -0.630. The minimum Gasteiger partial charge on any atom is -0.193 e. The predicted octanol–water partition coefficient (Wildman–Crippen LogP) is 3.47. The van der Waals surface area contributed by atoms with E-state index in [0.717, 1.165) is 12.1 Å². The summed E-state index contributed by atoms with van der Waals surface area (Å²) in [6.07, 6.45) is 2.97. The fourth-order valence-electron chi connectivity index (χ4n) is 1.09. The monoisotopic (exact) mass is 181 g/mol. The SMILES string of the molecule is C=Cc1nscc1C(C)(C)CC. The van der Waals surface area contributed by atoms with Crippen LogP contribution in [0.1, 0.15) is 38.4 Å². The second kappa shape index (κ2) is 3.40. The molecule has 0 saturated carbocycles. The van der Waals surface area contributed by atoms with Crippen LogP contribution in [-0.2, 0) is 5.41 Å². The normalized spacial score (nSPS) is 11.6. The van der Waals surface area contributed by atoms with Crippen LogP contribution in [0.4, 0.5) is 0 Å². The van der Waals surface area contributed by atoms with Crippen molar-refractivity contribution in [2.45, 2.75) is 32.6 Å². The van der Waals surface area contributed by atoms with E-state index in [4.69, 9.17) is 0 Å². The summed E-state index contributed by atoms with van der Waals surface area (Å²) in [5.74, 6) is 0. The Labute approximate surface area is 78.3 Å². The van der Waals surface area contributed by atoms with E-state index in [1.807, 2.05) is 6.08 Å². The molecule has 0 fully saturated rings. The minimum atomic E-state index is 0.233. The van der Waals surface area contributed by atoms with Crippen LogP contribution in [0, 0.1) is 0 Å². The predicted molar refractivity (Wildman–Crippen MR) is 55.5 cm³/mol. The third-order valence-corrected chi connectivity index (χ3v) is 3.05. The average Bonchev–Trinajstić information content (AvgIpc) is 2.52. The van der Waals surface area contributed by atoms with Crippen LogP contribution < -0.4 is 0 Å². The quantitative estimate of drug-likeness (QED) is 0.695. The second-order valence-corrected chi connectivity index (χ2v) is 4.18. The maximum Gasteiger partial charge on any atom is 0.0799 e. The summed E-state index contributed by atoms with van der Waals surface area (Å²) in [7, 11) is 0. The van der Waals surface area contributed by atoms with Gasteiger partial charge in [0.15, 0.2) is 0 Å². The zero-order valence-electron chi connectivity index (χ0n) is 7.92. The molecule has 0 saturated heterocycles. The van der Waals surface area contributed by atoms with Crippen molar-refractivity contribution in [3.05, 3.63) is 23.2 Å².